The van der Waals surface area contributed by atoms with Crippen LogP contribution in [-0.2, 0) is 14.8 Å². The number of nitrogens with zero attached hydrogens (tertiary/aromatic N) is 1. The van der Waals surface area contributed by atoms with E-state index in [4.69, 9.17) is 4.74 Å². The van der Waals surface area contributed by atoms with Gasteiger partial charge in [0.25, 0.3) is 0 Å². The first kappa shape index (κ1) is 20.3. The van der Waals surface area contributed by atoms with Gasteiger partial charge >= 0.3 is 0 Å². The third-order valence-electron chi connectivity index (χ3n) is 3.79. The van der Waals surface area contributed by atoms with Crippen LogP contribution >= 0.6 is 0 Å². The molecule has 1 aromatic rings. The monoisotopic (exact) mass is 356 g/mol. The van der Waals surface area contributed by atoms with Crippen LogP contribution in [0.25, 0.3) is 0 Å². The van der Waals surface area contributed by atoms with Crippen molar-refractivity contribution >= 4 is 21.6 Å². The minimum atomic E-state index is -3.60. The Hall–Kier alpha value is -1.76. The Morgan fingerprint density at radius 3 is 2.25 bits per heavy atom. The highest BCUT2D eigenvalue weighted by Crippen LogP contribution is 2.23. The van der Waals surface area contributed by atoms with Crippen LogP contribution in [0.3, 0.4) is 0 Å². The minimum absolute atomic E-state index is 0.00998. The van der Waals surface area contributed by atoms with E-state index in [0.29, 0.717) is 11.4 Å². The van der Waals surface area contributed by atoms with E-state index in [-0.39, 0.29) is 30.3 Å². The van der Waals surface area contributed by atoms with Gasteiger partial charge in [-0.15, -0.1) is 0 Å². The van der Waals surface area contributed by atoms with E-state index in [0.717, 1.165) is 10.6 Å². The van der Waals surface area contributed by atoms with Gasteiger partial charge in [0.2, 0.25) is 15.9 Å². The molecule has 0 aliphatic carbocycles. The third kappa shape index (κ3) is 5.70. The number of carbonyl (C=O) groups is 1. The summed E-state index contributed by atoms with van der Waals surface area (Å²) in [5, 5.41) is 2.94. The van der Waals surface area contributed by atoms with E-state index in [2.05, 4.69) is 5.32 Å². The summed E-state index contributed by atoms with van der Waals surface area (Å²) in [6.07, 6.45) is 1.09. The minimum Gasteiger partial charge on any atom is -0.497 e. The Kier molecular flexibility index (Phi) is 7.08. The average molecular weight is 356 g/mol. The van der Waals surface area contributed by atoms with Crippen LogP contribution in [0.4, 0.5) is 5.69 Å². The zero-order valence-corrected chi connectivity index (χ0v) is 16.1. The molecule has 0 aliphatic rings. The van der Waals surface area contributed by atoms with Crippen molar-refractivity contribution in [3.8, 4) is 5.75 Å². The molecule has 0 saturated carbocycles. The maximum atomic E-state index is 12.4. The van der Waals surface area contributed by atoms with Crippen LogP contribution in [0, 0.1) is 11.8 Å². The first-order valence-corrected chi connectivity index (χ1v) is 9.82. The summed E-state index contributed by atoms with van der Waals surface area (Å²) in [7, 11) is -2.09. The largest absolute Gasteiger partial charge is 0.497 e. The molecule has 0 saturated heterocycles. The van der Waals surface area contributed by atoms with Gasteiger partial charge in [-0.05, 0) is 24.0 Å². The van der Waals surface area contributed by atoms with Gasteiger partial charge in [-0.2, -0.15) is 0 Å². The molecule has 0 spiro atoms. The molecule has 7 heteroatoms. The normalized spacial score (nSPS) is 11.9. The summed E-state index contributed by atoms with van der Waals surface area (Å²) in [6, 6.07) is 6.63. The van der Waals surface area contributed by atoms with Gasteiger partial charge in [-0.3, -0.25) is 9.10 Å². The molecular formula is C17H28N2O4S. The molecule has 0 aliphatic heterocycles. The summed E-state index contributed by atoms with van der Waals surface area (Å²) in [5.74, 6) is 0.731. The number of hydrogen-bond acceptors (Lipinski definition) is 4. The van der Waals surface area contributed by atoms with Crippen LogP contribution in [-0.4, -0.2) is 40.3 Å². The highest BCUT2D eigenvalue weighted by molar-refractivity contribution is 7.92. The van der Waals surface area contributed by atoms with E-state index in [9.17, 15) is 13.2 Å². The maximum Gasteiger partial charge on any atom is 0.241 e. The lowest BCUT2D eigenvalue weighted by Crippen LogP contribution is -2.47. The number of anilines is 1. The first-order chi connectivity index (χ1) is 11.1. The first-order valence-electron chi connectivity index (χ1n) is 7.97. The number of hydrogen-bond donors (Lipinski definition) is 1. The average Bonchev–Trinajstić information content (AvgIpc) is 2.48. The van der Waals surface area contributed by atoms with Crippen molar-refractivity contribution in [1.82, 2.24) is 5.32 Å². The maximum absolute atomic E-state index is 12.4. The summed E-state index contributed by atoms with van der Waals surface area (Å²) in [6.45, 7) is 7.85. The molecule has 0 fully saturated rings. The second kappa shape index (κ2) is 8.37. The quantitative estimate of drug-likeness (QED) is 0.775. The highest BCUT2D eigenvalue weighted by atomic mass is 32.2. The van der Waals surface area contributed by atoms with E-state index < -0.39 is 10.0 Å². The van der Waals surface area contributed by atoms with Gasteiger partial charge in [0, 0.05) is 12.1 Å². The van der Waals surface area contributed by atoms with Crippen LogP contribution < -0.4 is 14.4 Å². The number of ether oxygens (including phenoxy) is 1. The number of rotatable bonds is 8. The molecular weight excluding hydrogens is 328 g/mol. The van der Waals surface area contributed by atoms with Crippen molar-refractivity contribution in [2.75, 3.05) is 24.2 Å². The van der Waals surface area contributed by atoms with Crippen LogP contribution in [0.15, 0.2) is 24.3 Å². The second-order valence-corrected chi connectivity index (χ2v) is 8.46. The molecule has 1 amide bonds. The van der Waals surface area contributed by atoms with Crippen LogP contribution in [0.5, 0.6) is 5.75 Å². The fourth-order valence-electron chi connectivity index (χ4n) is 2.63. The number of sulfonamides is 1. The molecule has 0 atom stereocenters. The molecule has 1 rings (SSSR count). The zero-order chi connectivity index (χ0) is 18.5. The number of nitrogens with one attached hydrogen (secondary N) is 1. The molecule has 0 aromatic heterocycles. The lowest BCUT2D eigenvalue weighted by atomic mass is 9.93. The predicted octanol–water partition coefficient (Wildman–Crippen LogP) is 2.26. The summed E-state index contributed by atoms with van der Waals surface area (Å²) < 4.78 is 30.5. The Morgan fingerprint density at radius 2 is 1.79 bits per heavy atom. The Bertz CT molecular complexity index is 648. The summed E-state index contributed by atoms with van der Waals surface area (Å²) >= 11 is 0. The smallest absolute Gasteiger partial charge is 0.241 e. The fourth-order valence-corrected chi connectivity index (χ4v) is 3.48. The number of methoxy groups -OCH3 is 1. The molecule has 1 N–H and O–H groups in total. The van der Waals surface area contributed by atoms with Gasteiger partial charge in [0.15, 0.2) is 0 Å². The SMILES string of the molecule is COc1cccc(N(CC(=O)NC(C(C)C)C(C)C)S(C)(=O)=O)c1. The lowest BCUT2D eigenvalue weighted by molar-refractivity contribution is -0.121. The molecule has 0 heterocycles. The van der Waals surface area contributed by atoms with Gasteiger partial charge in [-0.1, -0.05) is 33.8 Å². The number of carbonyl (C=O) groups excluding carboxylic acids is 1. The lowest BCUT2D eigenvalue weighted by Gasteiger charge is -2.28. The van der Waals surface area contributed by atoms with E-state index in [1.54, 1.807) is 24.3 Å². The Labute approximate surface area is 145 Å². The molecule has 0 unspecified atom stereocenters. The Balaban J connectivity index is 3.01. The van der Waals surface area contributed by atoms with Crippen molar-refractivity contribution in [3.05, 3.63) is 24.3 Å². The molecule has 1 aromatic carbocycles. The summed E-state index contributed by atoms with van der Waals surface area (Å²) in [5.41, 5.74) is 0.401. The van der Waals surface area contributed by atoms with Gasteiger partial charge < -0.3 is 10.1 Å². The van der Waals surface area contributed by atoms with Crippen molar-refractivity contribution < 1.29 is 17.9 Å². The topological polar surface area (TPSA) is 75.7 Å². The van der Waals surface area contributed by atoms with E-state index >= 15 is 0 Å². The molecule has 24 heavy (non-hydrogen) atoms. The van der Waals surface area contributed by atoms with Gasteiger partial charge in [-0.25, -0.2) is 8.42 Å². The number of amides is 1. The second-order valence-electron chi connectivity index (χ2n) is 6.55. The van der Waals surface area contributed by atoms with Crippen molar-refractivity contribution in [3.63, 3.8) is 0 Å². The molecule has 6 nitrogen and oxygen atoms in total. The molecule has 136 valence electrons. The zero-order valence-electron chi connectivity index (χ0n) is 15.2. The fraction of sp³-hybridized carbons (Fsp3) is 0.588. The number of benzene rings is 1. The van der Waals surface area contributed by atoms with Crippen LogP contribution in [0.1, 0.15) is 27.7 Å². The standard InChI is InChI=1S/C17H28N2O4S/c1-12(2)17(13(3)4)18-16(20)11-19(24(6,21)22)14-8-7-9-15(10-14)23-5/h7-10,12-13,17H,11H2,1-6H3,(H,18,20). The summed E-state index contributed by atoms with van der Waals surface area (Å²) in [4.78, 5) is 12.4. The van der Waals surface area contributed by atoms with Crippen molar-refractivity contribution in [1.29, 1.82) is 0 Å². The molecule has 0 bridgehead atoms. The Morgan fingerprint density at radius 1 is 1.21 bits per heavy atom. The van der Waals surface area contributed by atoms with Gasteiger partial charge in [0.05, 0.1) is 19.1 Å². The van der Waals surface area contributed by atoms with E-state index in [1.165, 1.54) is 7.11 Å². The van der Waals surface area contributed by atoms with E-state index in [1.807, 2.05) is 27.7 Å². The highest BCUT2D eigenvalue weighted by Gasteiger charge is 2.25. The molecule has 0 radical (unpaired) electrons. The van der Waals surface area contributed by atoms with Crippen LogP contribution in [0.2, 0.25) is 0 Å². The van der Waals surface area contributed by atoms with Gasteiger partial charge in [0.1, 0.15) is 12.3 Å². The van der Waals surface area contributed by atoms with Crippen molar-refractivity contribution in [2.45, 2.75) is 33.7 Å². The predicted molar refractivity (Wildman–Crippen MR) is 96.8 cm³/mol. The van der Waals surface area contributed by atoms with Crippen molar-refractivity contribution in [2.24, 2.45) is 11.8 Å². The third-order valence-corrected chi connectivity index (χ3v) is 4.93.